The molecule has 66 valence electrons. The lowest BCUT2D eigenvalue weighted by Crippen LogP contribution is -1.94. The Bertz CT molecular complexity index is 238. The first kappa shape index (κ1) is 9.75. The number of rotatable bonds is 3. The second-order valence-corrected chi connectivity index (χ2v) is 3.80. The van der Waals surface area contributed by atoms with Gasteiger partial charge in [-0.2, -0.15) is 0 Å². The number of methoxy groups -OCH3 is 1. The van der Waals surface area contributed by atoms with Crippen LogP contribution in [0, 0.1) is 6.92 Å². The highest BCUT2D eigenvalue weighted by atomic mass is 79.9. The highest BCUT2D eigenvalue weighted by Crippen LogP contribution is 2.15. The van der Waals surface area contributed by atoms with Gasteiger partial charge in [-0.1, -0.05) is 22.0 Å². The highest BCUT2D eigenvalue weighted by molar-refractivity contribution is 9.10. The van der Waals surface area contributed by atoms with Crippen molar-refractivity contribution < 1.29 is 4.74 Å². The molecule has 0 heterocycles. The third-order valence-corrected chi connectivity index (χ3v) is 2.15. The van der Waals surface area contributed by atoms with Crippen molar-refractivity contribution in [2.24, 2.45) is 0 Å². The number of benzene rings is 1. The van der Waals surface area contributed by atoms with Crippen LogP contribution in [0.25, 0.3) is 0 Å². The summed E-state index contributed by atoms with van der Waals surface area (Å²) in [5, 5.41) is 0. The Labute approximate surface area is 81.9 Å². The maximum atomic E-state index is 5.01. The Morgan fingerprint density at radius 3 is 2.67 bits per heavy atom. The number of aryl methyl sites for hydroxylation is 1. The summed E-state index contributed by atoms with van der Waals surface area (Å²) in [6.45, 7) is 2.89. The normalized spacial score (nSPS) is 10.2. The van der Waals surface area contributed by atoms with E-state index in [-0.39, 0.29) is 0 Å². The molecule has 0 spiro atoms. The molecule has 0 aromatic heterocycles. The van der Waals surface area contributed by atoms with Crippen LogP contribution in [0.2, 0.25) is 0 Å². The zero-order valence-electron chi connectivity index (χ0n) is 7.43. The van der Waals surface area contributed by atoms with E-state index in [1.165, 1.54) is 11.1 Å². The first-order valence-corrected chi connectivity index (χ1v) is 4.76. The van der Waals surface area contributed by atoms with Crippen molar-refractivity contribution in [3.63, 3.8) is 0 Å². The van der Waals surface area contributed by atoms with Gasteiger partial charge in [-0.05, 0) is 36.6 Å². The summed E-state index contributed by atoms with van der Waals surface area (Å²) >= 11 is 3.46. The van der Waals surface area contributed by atoms with E-state index in [0.29, 0.717) is 0 Å². The van der Waals surface area contributed by atoms with Crippen molar-refractivity contribution in [2.45, 2.75) is 13.3 Å². The van der Waals surface area contributed by atoms with E-state index < -0.39 is 0 Å². The molecule has 0 aliphatic heterocycles. The Morgan fingerprint density at radius 1 is 1.33 bits per heavy atom. The van der Waals surface area contributed by atoms with Gasteiger partial charge in [0.05, 0.1) is 6.61 Å². The Balaban J connectivity index is 2.72. The summed E-state index contributed by atoms with van der Waals surface area (Å²) in [5.74, 6) is 0. The molecule has 1 rings (SSSR count). The lowest BCUT2D eigenvalue weighted by Gasteiger charge is -2.02. The van der Waals surface area contributed by atoms with Gasteiger partial charge in [0.25, 0.3) is 0 Å². The second kappa shape index (κ2) is 4.63. The first-order chi connectivity index (χ1) is 5.72. The molecule has 0 aliphatic carbocycles. The zero-order valence-corrected chi connectivity index (χ0v) is 9.02. The van der Waals surface area contributed by atoms with E-state index in [2.05, 4.69) is 41.1 Å². The van der Waals surface area contributed by atoms with Crippen molar-refractivity contribution in [2.75, 3.05) is 13.7 Å². The predicted octanol–water partition coefficient (Wildman–Crippen LogP) is 2.95. The summed E-state index contributed by atoms with van der Waals surface area (Å²) in [6.07, 6.45) is 0.983. The molecule has 0 saturated heterocycles. The van der Waals surface area contributed by atoms with Crippen LogP contribution in [0.4, 0.5) is 0 Å². The Hall–Kier alpha value is -0.340. The predicted molar refractivity (Wildman–Crippen MR) is 54.5 cm³/mol. The van der Waals surface area contributed by atoms with Crippen molar-refractivity contribution in [1.82, 2.24) is 0 Å². The molecule has 0 bridgehead atoms. The average molecular weight is 229 g/mol. The van der Waals surface area contributed by atoms with Crippen molar-refractivity contribution in [1.29, 1.82) is 0 Å². The molecular weight excluding hydrogens is 216 g/mol. The molecule has 0 atom stereocenters. The molecule has 2 heteroatoms. The molecule has 0 saturated carbocycles. The maximum Gasteiger partial charge on any atom is 0.0502 e. The van der Waals surface area contributed by atoms with E-state index in [9.17, 15) is 0 Å². The Kier molecular flexibility index (Phi) is 3.76. The second-order valence-electron chi connectivity index (χ2n) is 2.88. The van der Waals surface area contributed by atoms with E-state index in [0.717, 1.165) is 17.5 Å². The van der Waals surface area contributed by atoms with E-state index in [1.807, 2.05) is 0 Å². The van der Waals surface area contributed by atoms with Crippen molar-refractivity contribution >= 4 is 15.9 Å². The van der Waals surface area contributed by atoms with Crippen molar-refractivity contribution in [3.05, 3.63) is 33.8 Å². The molecule has 0 radical (unpaired) electrons. The van der Waals surface area contributed by atoms with Gasteiger partial charge in [-0.25, -0.2) is 0 Å². The number of halogens is 1. The summed E-state index contributed by atoms with van der Waals surface area (Å²) in [6, 6.07) is 6.42. The van der Waals surface area contributed by atoms with Gasteiger partial charge in [-0.3, -0.25) is 0 Å². The van der Waals surface area contributed by atoms with Crippen LogP contribution in [-0.2, 0) is 11.2 Å². The molecule has 1 nitrogen and oxygen atoms in total. The fourth-order valence-electron chi connectivity index (χ4n) is 1.18. The van der Waals surface area contributed by atoms with Crippen LogP contribution < -0.4 is 0 Å². The van der Waals surface area contributed by atoms with E-state index in [1.54, 1.807) is 7.11 Å². The number of hydrogen-bond donors (Lipinski definition) is 0. The van der Waals surface area contributed by atoms with Crippen LogP contribution in [0.15, 0.2) is 22.7 Å². The van der Waals surface area contributed by atoms with Crippen LogP contribution >= 0.6 is 15.9 Å². The van der Waals surface area contributed by atoms with Crippen LogP contribution in [0.3, 0.4) is 0 Å². The molecule has 0 N–H and O–H groups in total. The van der Waals surface area contributed by atoms with Gasteiger partial charge in [-0.15, -0.1) is 0 Å². The topological polar surface area (TPSA) is 9.23 Å². The van der Waals surface area contributed by atoms with Gasteiger partial charge in [0.1, 0.15) is 0 Å². The monoisotopic (exact) mass is 228 g/mol. The molecule has 1 aromatic carbocycles. The average Bonchev–Trinajstić information content (AvgIpc) is 1.99. The van der Waals surface area contributed by atoms with Gasteiger partial charge in [0.2, 0.25) is 0 Å². The van der Waals surface area contributed by atoms with Crippen LogP contribution in [0.1, 0.15) is 11.1 Å². The van der Waals surface area contributed by atoms with Crippen LogP contribution in [-0.4, -0.2) is 13.7 Å². The number of hydrogen-bond acceptors (Lipinski definition) is 1. The third kappa shape index (κ3) is 2.95. The minimum atomic E-state index is 0.788. The minimum Gasteiger partial charge on any atom is -0.384 e. The van der Waals surface area contributed by atoms with Gasteiger partial charge in [0, 0.05) is 11.6 Å². The summed E-state index contributed by atoms with van der Waals surface area (Å²) < 4.78 is 6.16. The first-order valence-electron chi connectivity index (χ1n) is 3.97. The van der Waals surface area contributed by atoms with Gasteiger partial charge in [0.15, 0.2) is 0 Å². The largest absolute Gasteiger partial charge is 0.384 e. The fourth-order valence-corrected chi connectivity index (χ4v) is 1.83. The lowest BCUT2D eigenvalue weighted by atomic mass is 10.1. The zero-order chi connectivity index (χ0) is 8.97. The van der Waals surface area contributed by atoms with Crippen LogP contribution in [0.5, 0.6) is 0 Å². The highest BCUT2D eigenvalue weighted by Gasteiger charge is 1.95. The summed E-state index contributed by atoms with van der Waals surface area (Å²) in [4.78, 5) is 0. The van der Waals surface area contributed by atoms with E-state index in [4.69, 9.17) is 4.74 Å². The summed E-state index contributed by atoms with van der Waals surface area (Å²) in [5.41, 5.74) is 2.61. The number of ether oxygens (including phenoxy) is 1. The van der Waals surface area contributed by atoms with Gasteiger partial charge >= 0.3 is 0 Å². The molecular formula is C10H13BrO. The molecule has 0 amide bonds. The standard InChI is InChI=1S/C10H13BrO/c1-8-5-9(3-4-12-2)7-10(11)6-8/h5-7H,3-4H2,1-2H3. The summed E-state index contributed by atoms with van der Waals surface area (Å²) in [7, 11) is 1.73. The molecule has 0 aliphatic rings. The molecule has 0 fully saturated rings. The smallest absolute Gasteiger partial charge is 0.0502 e. The van der Waals surface area contributed by atoms with E-state index >= 15 is 0 Å². The fraction of sp³-hybridized carbons (Fsp3) is 0.400. The van der Waals surface area contributed by atoms with Gasteiger partial charge < -0.3 is 4.74 Å². The molecule has 0 unspecified atom stereocenters. The SMILES string of the molecule is COCCc1cc(C)cc(Br)c1. The quantitative estimate of drug-likeness (QED) is 0.774. The minimum absolute atomic E-state index is 0.788. The Morgan fingerprint density at radius 2 is 2.08 bits per heavy atom. The third-order valence-electron chi connectivity index (χ3n) is 1.70. The van der Waals surface area contributed by atoms with Crippen molar-refractivity contribution in [3.8, 4) is 0 Å². The molecule has 12 heavy (non-hydrogen) atoms. The molecule has 1 aromatic rings. The lowest BCUT2D eigenvalue weighted by molar-refractivity contribution is 0.202. The maximum absolute atomic E-state index is 5.01.